The number of pyridine rings is 1. The van der Waals surface area contributed by atoms with Crippen LogP contribution in [0.25, 0.3) is 10.9 Å². The van der Waals surface area contributed by atoms with E-state index in [0.29, 0.717) is 24.4 Å². The number of hydrogen-bond acceptors (Lipinski definition) is 5. The van der Waals surface area contributed by atoms with Gasteiger partial charge in [-0.3, -0.25) is 14.6 Å². The minimum atomic E-state index is -0.559. The molecule has 2 unspecified atom stereocenters. The number of methoxy groups -OCH3 is 1. The Labute approximate surface area is 202 Å². The molecular weight excluding hydrogens is 446 g/mol. The third-order valence-corrected chi connectivity index (χ3v) is 7.13. The Morgan fingerprint density at radius 3 is 2.76 bits per heavy atom. The minimum Gasteiger partial charge on any atom is -0.383 e. The predicted octanol–water partition coefficient (Wildman–Crippen LogP) is 5.17. The van der Waals surface area contributed by atoms with E-state index in [9.17, 15) is 9.59 Å². The first kappa shape index (κ1) is 22.3. The first-order valence-electron chi connectivity index (χ1n) is 11.2. The van der Waals surface area contributed by atoms with E-state index in [-0.39, 0.29) is 11.8 Å². The smallest absolute Gasteiger partial charge is 0.254 e. The highest BCUT2D eigenvalue weighted by atomic mass is 32.1. The maximum atomic E-state index is 13.9. The Balaban J connectivity index is 1.56. The van der Waals surface area contributed by atoms with Crippen molar-refractivity contribution in [2.24, 2.45) is 0 Å². The van der Waals surface area contributed by atoms with Crippen LogP contribution in [0.2, 0.25) is 0 Å². The largest absolute Gasteiger partial charge is 0.383 e. The molecule has 34 heavy (non-hydrogen) atoms. The van der Waals surface area contributed by atoms with Gasteiger partial charge in [0.2, 0.25) is 5.91 Å². The number of carbonyl (C=O) groups is 2. The van der Waals surface area contributed by atoms with Crippen molar-refractivity contribution in [2.75, 3.05) is 25.6 Å². The molecule has 0 saturated carbocycles. The molecule has 0 radical (unpaired) electrons. The van der Waals surface area contributed by atoms with E-state index in [1.54, 1.807) is 29.4 Å². The second kappa shape index (κ2) is 9.37. The number of aromatic nitrogens is 1. The Kier molecular flexibility index (Phi) is 6.13. The molecule has 172 valence electrons. The summed E-state index contributed by atoms with van der Waals surface area (Å²) < 4.78 is 5.29. The monoisotopic (exact) mass is 471 g/mol. The fourth-order valence-corrected chi connectivity index (χ4v) is 5.49. The second-order valence-electron chi connectivity index (χ2n) is 8.37. The predicted molar refractivity (Wildman–Crippen MR) is 134 cm³/mol. The van der Waals surface area contributed by atoms with E-state index < -0.39 is 12.0 Å². The molecule has 2 aromatic carbocycles. The van der Waals surface area contributed by atoms with Crippen molar-refractivity contribution in [2.45, 2.75) is 18.9 Å². The van der Waals surface area contributed by atoms with Crippen LogP contribution >= 0.6 is 11.3 Å². The van der Waals surface area contributed by atoms with Crippen LogP contribution in [0.4, 0.5) is 5.69 Å². The van der Waals surface area contributed by atoms with E-state index in [2.05, 4.69) is 10.3 Å². The summed E-state index contributed by atoms with van der Waals surface area (Å²) in [5.41, 5.74) is 3.84. The fraction of sp³-hybridized carbons (Fsp3) is 0.222. The summed E-state index contributed by atoms with van der Waals surface area (Å²) >= 11 is 1.55. The van der Waals surface area contributed by atoms with Crippen molar-refractivity contribution in [1.29, 1.82) is 0 Å². The first-order chi connectivity index (χ1) is 16.6. The van der Waals surface area contributed by atoms with E-state index in [0.717, 1.165) is 27.0 Å². The SMILES string of the molecule is COCCN1C(=O)c2ccccc2C(C(=O)Nc2ccc3nc(C)ccc3c2)C1c1cccs1. The lowest BCUT2D eigenvalue weighted by molar-refractivity contribution is -0.119. The van der Waals surface area contributed by atoms with Gasteiger partial charge in [0.1, 0.15) is 0 Å². The number of carbonyl (C=O) groups excluding carboxylic acids is 2. The first-order valence-corrected chi connectivity index (χ1v) is 12.1. The molecule has 5 rings (SSSR count). The van der Waals surface area contributed by atoms with Crippen LogP contribution in [0.3, 0.4) is 0 Å². The highest BCUT2D eigenvalue weighted by Crippen LogP contribution is 2.44. The normalized spacial score (nSPS) is 17.6. The third kappa shape index (κ3) is 4.08. The molecule has 0 bridgehead atoms. The van der Waals surface area contributed by atoms with Gasteiger partial charge in [0, 0.05) is 40.9 Å². The van der Waals surface area contributed by atoms with E-state index in [4.69, 9.17) is 4.74 Å². The quantitative estimate of drug-likeness (QED) is 0.421. The Hall–Kier alpha value is -3.55. The van der Waals surface area contributed by atoms with Gasteiger partial charge >= 0.3 is 0 Å². The summed E-state index contributed by atoms with van der Waals surface area (Å²) in [4.78, 5) is 34.6. The van der Waals surface area contributed by atoms with Gasteiger partial charge in [-0.15, -0.1) is 11.3 Å². The molecule has 3 heterocycles. The summed E-state index contributed by atoms with van der Waals surface area (Å²) in [6, 6.07) is 20.6. The zero-order valence-corrected chi connectivity index (χ0v) is 19.8. The van der Waals surface area contributed by atoms with Crippen LogP contribution in [0.1, 0.15) is 38.5 Å². The van der Waals surface area contributed by atoms with Gasteiger partial charge in [-0.25, -0.2) is 0 Å². The maximum absolute atomic E-state index is 13.9. The molecule has 2 amide bonds. The van der Waals surface area contributed by atoms with Crippen LogP contribution in [0.5, 0.6) is 0 Å². The highest BCUT2D eigenvalue weighted by Gasteiger charge is 2.44. The summed E-state index contributed by atoms with van der Waals surface area (Å²) in [7, 11) is 1.61. The summed E-state index contributed by atoms with van der Waals surface area (Å²) in [5.74, 6) is -0.793. The Morgan fingerprint density at radius 1 is 1.12 bits per heavy atom. The maximum Gasteiger partial charge on any atom is 0.254 e. The molecular formula is C27H25N3O3S. The summed E-state index contributed by atoms with van der Waals surface area (Å²) in [5, 5.41) is 6.04. The van der Waals surface area contributed by atoms with Gasteiger partial charge < -0.3 is 15.0 Å². The topological polar surface area (TPSA) is 71.5 Å². The van der Waals surface area contributed by atoms with Gasteiger partial charge in [-0.2, -0.15) is 0 Å². The molecule has 7 heteroatoms. The van der Waals surface area contributed by atoms with Crippen LogP contribution in [-0.4, -0.2) is 42.0 Å². The molecule has 1 aliphatic rings. The zero-order valence-electron chi connectivity index (χ0n) is 19.0. The summed E-state index contributed by atoms with van der Waals surface area (Å²) in [6.07, 6.45) is 0. The number of fused-ring (bicyclic) bond motifs is 2. The van der Waals surface area contributed by atoms with Crippen molar-refractivity contribution in [3.63, 3.8) is 0 Å². The van der Waals surface area contributed by atoms with Crippen molar-refractivity contribution in [3.05, 3.63) is 93.8 Å². The number of anilines is 1. The minimum absolute atomic E-state index is 0.0813. The number of thiophene rings is 1. The number of nitrogens with zero attached hydrogens (tertiary/aromatic N) is 2. The number of benzene rings is 2. The van der Waals surface area contributed by atoms with Gasteiger partial charge in [-0.05, 0) is 54.3 Å². The molecule has 1 N–H and O–H groups in total. The summed E-state index contributed by atoms with van der Waals surface area (Å²) in [6.45, 7) is 2.75. The molecule has 4 aromatic rings. The van der Waals surface area contributed by atoms with E-state index in [1.807, 2.05) is 73.0 Å². The molecule has 2 atom stereocenters. The average molecular weight is 472 g/mol. The fourth-order valence-electron chi connectivity index (χ4n) is 4.61. The molecule has 0 aliphatic carbocycles. The zero-order chi connectivity index (χ0) is 23.7. The lowest BCUT2D eigenvalue weighted by atomic mass is 9.81. The third-order valence-electron chi connectivity index (χ3n) is 6.19. The van der Waals surface area contributed by atoms with Crippen LogP contribution < -0.4 is 5.32 Å². The molecule has 0 saturated heterocycles. The number of hydrogen-bond donors (Lipinski definition) is 1. The van der Waals surface area contributed by atoms with Crippen molar-refractivity contribution < 1.29 is 14.3 Å². The standard InChI is InChI=1S/C27H25N3O3S/c1-17-9-10-18-16-19(11-12-22(18)28-17)29-26(31)24-20-6-3-4-7-21(20)27(32)30(13-14-33-2)25(24)23-8-5-15-34-23/h3-12,15-16,24-25H,13-14H2,1-2H3,(H,29,31). The molecule has 2 aromatic heterocycles. The molecule has 0 spiro atoms. The van der Waals surface area contributed by atoms with Gasteiger partial charge in [0.05, 0.1) is 24.1 Å². The number of aryl methyl sites for hydroxylation is 1. The van der Waals surface area contributed by atoms with Crippen molar-refractivity contribution >= 4 is 39.7 Å². The average Bonchev–Trinajstić information content (AvgIpc) is 3.38. The number of nitrogens with one attached hydrogen (secondary N) is 1. The van der Waals surface area contributed by atoms with Gasteiger partial charge in [-0.1, -0.05) is 30.3 Å². The Bertz CT molecular complexity index is 1350. The lowest BCUT2D eigenvalue weighted by Gasteiger charge is -2.41. The lowest BCUT2D eigenvalue weighted by Crippen LogP contribution is -2.47. The van der Waals surface area contributed by atoms with E-state index >= 15 is 0 Å². The Morgan fingerprint density at radius 2 is 1.97 bits per heavy atom. The number of amides is 2. The van der Waals surface area contributed by atoms with Crippen molar-refractivity contribution in [1.82, 2.24) is 9.88 Å². The molecule has 1 aliphatic heterocycles. The van der Waals surface area contributed by atoms with Crippen LogP contribution in [-0.2, 0) is 9.53 Å². The number of rotatable bonds is 6. The van der Waals surface area contributed by atoms with E-state index in [1.165, 1.54) is 0 Å². The second-order valence-corrected chi connectivity index (χ2v) is 9.35. The van der Waals surface area contributed by atoms with Crippen LogP contribution in [0, 0.1) is 6.92 Å². The van der Waals surface area contributed by atoms with Gasteiger partial charge in [0.15, 0.2) is 0 Å². The van der Waals surface area contributed by atoms with Crippen molar-refractivity contribution in [3.8, 4) is 0 Å². The molecule has 6 nitrogen and oxygen atoms in total. The van der Waals surface area contributed by atoms with Gasteiger partial charge in [0.25, 0.3) is 5.91 Å². The highest BCUT2D eigenvalue weighted by molar-refractivity contribution is 7.10. The molecule has 0 fully saturated rings. The van der Waals surface area contributed by atoms with Crippen LogP contribution in [0.15, 0.2) is 72.1 Å². The number of ether oxygens (including phenoxy) is 1.